The predicted molar refractivity (Wildman–Crippen MR) is 117 cm³/mol. The highest BCUT2D eigenvalue weighted by Crippen LogP contribution is 2.24. The molecule has 0 radical (unpaired) electrons. The summed E-state index contributed by atoms with van der Waals surface area (Å²) in [5, 5.41) is 3.82. The Morgan fingerprint density at radius 1 is 1.14 bits per heavy atom. The number of halogens is 1. The van der Waals surface area contributed by atoms with Crippen LogP contribution in [0.4, 0.5) is 11.4 Å². The topological polar surface area (TPSA) is 40.0 Å². The molecule has 0 unspecified atom stereocenters. The van der Waals surface area contributed by atoms with E-state index < -0.39 is 0 Å². The minimum Gasteiger partial charge on any atom is -0.378 e. The summed E-state index contributed by atoms with van der Waals surface area (Å²) in [6, 6.07) is 14.3. The number of rotatable bonds is 6. The summed E-state index contributed by atoms with van der Waals surface area (Å²) in [5.41, 5.74) is 4.73. The van der Waals surface area contributed by atoms with E-state index in [9.17, 15) is 4.79 Å². The molecule has 0 bridgehead atoms. The Kier molecular flexibility index (Phi) is 6.81. The lowest BCUT2D eigenvalue weighted by Gasteiger charge is -2.34. The third-order valence-corrected chi connectivity index (χ3v) is 5.57. The second-order valence-electron chi connectivity index (χ2n) is 7.68. The summed E-state index contributed by atoms with van der Waals surface area (Å²) in [6.45, 7) is 7.01. The second-order valence-corrected chi connectivity index (χ2v) is 8.12. The van der Waals surface area contributed by atoms with Crippen LogP contribution in [0.5, 0.6) is 0 Å². The highest BCUT2D eigenvalue weighted by Gasteiger charge is 2.23. The van der Waals surface area contributed by atoms with Crippen LogP contribution in [0.25, 0.3) is 0 Å². The van der Waals surface area contributed by atoms with Crippen molar-refractivity contribution >= 4 is 28.9 Å². The van der Waals surface area contributed by atoms with Gasteiger partial charge in [0.05, 0.1) is 26.2 Å². The van der Waals surface area contributed by atoms with Gasteiger partial charge < -0.3 is 20.0 Å². The lowest BCUT2D eigenvalue weighted by Crippen LogP contribution is -3.15. The number of benzene rings is 2. The maximum Gasteiger partial charge on any atom is 0.275 e. The van der Waals surface area contributed by atoms with Gasteiger partial charge in [-0.05, 0) is 42.3 Å². The van der Waals surface area contributed by atoms with Gasteiger partial charge in [0.25, 0.3) is 5.91 Å². The van der Waals surface area contributed by atoms with Crippen LogP contribution in [-0.2, 0) is 11.3 Å². The van der Waals surface area contributed by atoms with Gasteiger partial charge in [-0.25, -0.2) is 0 Å². The molecular formula is C22H30ClN4O+. The molecule has 2 N–H and O–H groups in total. The average Bonchev–Trinajstić information content (AvgIpc) is 2.69. The monoisotopic (exact) mass is 401 g/mol. The molecule has 1 fully saturated rings. The van der Waals surface area contributed by atoms with Crippen LogP contribution in [0.1, 0.15) is 11.1 Å². The van der Waals surface area contributed by atoms with Gasteiger partial charge in [-0.3, -0.25) is 4.79 Å². The average molecular weight is 402 g/mol. The number of aryl methyl sites for hydroxylation is 1. The van der Waals surface area contributed by atoms with E-state index in [0.717, 1.165) is 42.5 Å². The van der Waals surface area contributed by atoms with Crippen LogP contribution in [0.15, 0.2) is 42.5 Å². The molecule has 1 aliphatic heterocycles. The molecule has 150 valence electrons. The number of amides is 1. The first kappa shape index (κ1) is 20.5. The van der Waals surface area contributed by atoms with Crippen molar-refractivity contribution in [2.45, 2.75) is 13.5 Å². The van der Waals surface area contributed by atoms with E-state index in [4.69, 9.17) is 11.6 Å². The molecule has 2 aromatic rings. The summed E-state index contributed by atoms with van der Waals surface area (Å²) >= 11 is 6.16. The van der Waals surface area contributed by atoms with Crippen molar-refractivity contribution in [2.75, 3.05) is 56.6 Å². The third-order valence-electron chi connectivity index (χ3n) is 5.34. The van der Waals surface area contributed by atoms with E-state index >= 15 is 0 Å². The number of quaternary nitrogens is 1. The molecule has 0 saturated carbocycles. The third kappa shape index (κ3) is 5.40. The standard InChI is InChI=1S/C22H29ClN4O/c1-17-4-7-19(23)14-21(17)27-12-10-26(11-13-27)16-22(28)24-15-18-5-8-20(9-6-18)25(2)3/h4-9,14H,10-13,15-16H2,1-3H3,(H,24,28)/p+1. The molecule has 1 saturated heterocycles. The molecule has 5 nitrogen and oxygen atoms in total. The molecule has 1 amide bonds. The SMILES string of the molecule is Cc1ccc(Cl)cc1N1CC[NH+](CC(=O)NCc2ccc(N(C)C)cc2)CC1. The Balaban J connectivity index is 1.44. The van der Waals surface area contributed by atoms with Crippen molar-refractivity contribution in [1.82, 2.24) is 5.32 Å². The molecule has 6 heteroatoms. The van der Waals surface area contributed by atoms with Crippen LogP contribution in [0, 0.1) is 6.92 Å². The van der Waals surface area contributed by atoms with Gasteiger partial charge in [-0.1, -0.05) is 29.8 Å². The fraction of sp³-hybridized carbons (Fsp3) is 0.409. The van der Waals surface area contributed by atoms with Crippen molar-refractivity contribution in [1.29, 1.82) is 0 Å². The van der Waals surface area contributed by atoms with E-state index in [1.54, 1.807) is 0 Å². The summed E-state index contributed by atoms with van der Waals surface area (Å²) in [4.78, 5) is 18.1. The van der Waals surface area contributed by atoms with E-state index in [1.807, 2.05) is 26.2 Å². The molecule has 0 aromatic heterocycles. The number of nitrogens with zero attached hydrogens (tertiary/aromatic N) is 2. The normalized spacial score (nSPS) is 14.8. The van der Waals surface area contributed by atoms with Crippen molar-refractivity contribution in [2.24, 2.45) is 0 Å². The van der Waals surface area contributed by atoms with Crippen LogP contribution < -0.4 is 20.0 Å². The number of hydrogen-bond acceptors (Lipinski definition) is 3. The number of piperazine rings is 1. The Bertz CT molecular complexity index is 799. The van der Waals surface area contributed by atoms with Gasteiger partial charge in [-0.2, -0.15) is 0 Å². The quantitative estimate of drug-likeness (QED) is 0.774. The van der Waals surface area contributed by atoms with Crippen LogP contribution >= 0.6 is 11.6 Å². The van der Waals surface area contributed by atoms with Crippen molar-refractivity contribution in [3.05, 3.63) is 58.6 Å². The number of carbonyl (C=O) groups is 1. The molecule has 2 aromatic carbocycles. The lowest BCUT2D eigenvalue weighted by atomic mass is 10.1. The largest absolute Gasteiger partial charge is 0.378 e. The molecule has 0 spiro atoms. The molecule has 28 heavy (non-hydrogen) atoms. The zero-order valence-electron chi connectivity index (χ0n) is 17.0. The predicted octanol–water partition coefficient (Wildman–Crippen LogP) is 1.74. The smallest absolute Gasteiger partial charge is 0.275 e. The Morgan fingerprint density at radius 2 is 1.82 bits per heavy atom. The fourth-order valence-corrected chi connectivity index (χ4v) is 3.73. The van der Waals surface area contributed by atoms with E-state index in [0.29, 0.717) is 13.1 Å². The molecule has 3 rings (SSSR count). The van der Waals surface area contributed by atoms with E-state index in [1.165, 1.54) is 16.2 Å². The Hall–Kier alpha value is -2.24. The van der Waals surface area contributed by atoms with Crippen molar-refractivity contribution in [3.63, 3.8) is 0 Å². The number of hydrogen-bond donors (Lipinski definition) is 2. The first-order valence-corrected chi connectivity index (χ1v) is 10.2. The number of anilines is 2. The van der Waals surface area contributed by atoms with Crippen molar-refractivity contribution < 1.29 is 9.69 Å². The summed E-state index contributed by atoms with van der Waals surface area (Å²) in [7, 11) is 4.04. The zero-order valence-corrected chi connectivity index (χ0v) is 17.7. The fourth-order valence-electron chi connectivity index (χ4n) is 3.57. The molecular weight excluding hydrogens is 372 g/mol. The van der Waals surface area contributed by atoms with Crippen molar-refractivity contribution in [3.8, 4) is 0 Å². The Morgan fingerprint density at radius 3 is 2.46 bits per heavy atom. The lowest BCUT2D eigenvalue weighted by molar-refractivity contribution is -0.892. The van der Waals surface area contributed by atoms with Gasteiger partial charge >= 0.3 is 0 Å². The first-order chi connectivity index (χ1) is 13.4. The van der Waals surface area contributed by atoms with Gasteiger partial charge in [0, 0.05) is 37.0 Å². The molecule has 1 aliphatic rings. The highest BCUT2D eigenvalue weighted by atomic mass is 35.5. The van der Waals surface area contributed by atoms with E-state index in [-0.39, 0.29) is 5.91 Å². The second kappa shape index (κ2) is 9.30. The van der Waals surface area contributed by atoms with Gasteiger partial charge in [0.2, 0.25) is 0 Å². The maximum atomic E-state index is 12.3. The first-order valence-electron chi connectivity index (χ1n) is 9.80. The highest BCUT2D eigenvalue weighted by molar-refractivity contribution is 6.30. The summed E-state index contributed by atoms with van der Waals surface area (Å²) < 4.78 is 0. The zero-order chi connectivity index (χ0) is 20.1. The number of carbonyl (C=O) groups excluding carboxylic acids is 1. The van der Waals surface area contributed by atoms with Crippen LogP contribution in [0.2, 0.25) is 5.02 Å². The molecule has 1 heterocycles. The van der Waals surface area contributed by atoms with Crippen LogP contribution in [0.3, 0.4) is 0 Å². The minimum absolute atomic E-state index is 0.110. The molecule has 0 aliphatic carbocycles. The number of nitrogens with one attached hydrogen (secondary N) is 2. The van der Waals surface area contributed by atoms with Gasteiger partial charge in [0.15, 0.2) is 6.54 Å². The minimum atomic E-state index is 0.110. The van der Waals surface area contributed by atoms with Gasteiger partial charge in [0.1, 0.15) is 0 Å². The van der Waals surface area contributed by atoms with E-state index in [2.05, 4.69) is 52.4 Å². The maximum absolute atomic E-state index is 12.3. The molecule has 0 atom stereocenters. The Labute approximate surface area is 172 Å². The van der Waals surface area contributed by atoms with Crippen LogP contribution in [-0.4, -0.2) is 52.7 Å². The summed E-state index contributed by atoms with van der Waals surface area (Å²) in [5.74, 6) is 0.110. The van der Waals surface area contributed by atoms with Gasteiger partial charge in [-0.15, -0.1) is 0 Å². The summed E-state index contributed by atoms with van der Waals surface area (Å²) in [6.07, 6.45) is 0.